The summed E-state index contributed by atoms with van der Waals surface area (Å²) in [6, 6.07) is 0. The van der Waals surface area contributed by atoms with E-state index in [0.717, 1.165) is 11.4 Å². The Labute approximate surface area is 141 Å². The van der Waals surface area contributed by atoms with Crippen LogP contribution in [0.1, 0.15) is 40.5 Å². The molecule has 0 aliphatic rings. The molecule has 0 aromatic rings. The van der Waals surface area contributed by atoms with Gasteiger partial charge in [-0.2, -0.15) is 0 Å². The minimum atomic E-state index is -2.63. The van der Waals surface area contributed by atoms with Gasteiger partial charge in [0.1, 0.15) is 5.25 Å². The second kappa shape index (κ2) is 12.3. The highest BCUT2D eigenvalue weighted by Crippen LogP contribution is 2.63. The fraction of sp³-hybridized carbons (Fsp3) is 0.846. The van der Waals surface area contributed by atoms with Crippen molar-refractivity contribution in [3.05, 3.63) is 0 Å². The highest BCUT2D eigenvalue weighted by atomic mass is 32.9. The van der Waals surface area contributed by atoms with E-state index in [1.54, 1.807) is 13.8 Å². The minimum absolute atomic E-state index is 0.123. The lowest BCUT2D eigenvalue weighted by Crippen LogP contribution is -2.22. The second-order valence-corrected chi connectivity index (χ2v) is 10.4. The van der Waals surface area contributed by atoms with Crippen molar-refractivity contribution in [2.75, 3.05) is 26.4 Å². The fourth-order valence-corrected chi connectivity index (χ4v) is 7.09. The first-order valence-corrected chi connectivity index (χ1v) is 11.4. The summed E-state index contributed by atoms with van der Waals surface area (Å²) in [7, 11) is 0. The lowest BCUT2D eigenvalue weighted by atomic mass is 10.2. The number of carbonyl (C=O) groups excluding carboxylic acids is 2. The van der Waals surface area contributed by atoms with Gasteiger partial charge < -0.3 is 18.5 Å². The van der Waals surface area contributed by atoms with Gasteiger partial charge >= 0.3 is 11.9 Å². The molecule has 0 fully saturated rings. The lowest BCUT2D eigenvalue weighted by molar-refractivity contribution is -0.144. The maximum atomic E-state index is 12.1. The van der Waals surface area contributed by atoms with Crippen LogP contribution < -0.4 is 0 Å². The standard InChI is InChI=1S/C13H25O6PS2/c1-5-16-12(14)10-9-11(13(15)17-6-2)22-20(21,18-7-3)19-8-4/h11H,5-10H2,1-4H3. The number of hydrogen-bond donors (Lipinski definition) is 0. The summed E-state index contributed by atoms with van der Waals surface area (Å²) >= 11 is 6.57. The monoisotopic (exact) mass is 372 g/mol. The molecule has 0 aliphatic carbocycles. The van der Waals surface area contributed by atoms with E-state index in [4.69, 9.17) is 30.3 Å². The highest BCUT2D eigenvalue weighted by Gasteiger charge is 2.31. The van der Waals surface area contributed by atoms with Crippen molar-refractivity contribution in [3.63, 3.8) is 0 Å². The Kier molecular flexibility index (Phi) is 12.2. The Balaban J connectivity index is 4.86. The summed E-state index contributed by atoms with van der Waals surface area (Å²) in [4.78, 5) is 23.5. The molecule has 0 aromatic heterocycles. The maximum Gasteiger partial charge on any atom is 0.319 e. The molecule has 0 saturated heterocycles. The van der Waals surface area contributed by atoms with Crippen LogP contribution in [0.2, 0.25) is 0 Å². The average molecular weight is 372 g/mol. The molecule has 9 heteroatoms. The van der Waals surface area contributed by atoms with E-state index in [-0.39, 0.29) is 25.4 Å². The number of rotatable bonds is 12. The van der Waals surface area contributed by atoms with E-state index in [2.05, 4.69) is 0 Å². The summed E-state index contributed by atoms with van der Waals surface area (Å²) in [5, 5.41) is -0.603. The van der Waals surface area contributed by atoms with Crippen molar-refractivity contribution in [2.24, 2.45) is 0 Å². The SMILES string of the molecule is CCOC(=O)CCC(SP(=S)(OCC)OCC)C(=O)OCC. The largest absolute Gasteiger partial charge is 0.466 e. The topological polar surface area (TPSA) is 71.1 Å². The molecule has 0 N–H and O–H groups in total. The van der Waals surface area contributed by atoms with Crippen molar-refractivity contribution in [1.82, 2.24) is 0 Å². The zero-order chi connectivity index (χ0) is 17.0. The van der Waals surface area contributed by atoms with Gasteiger partial charge in [0.15, 0.2) is 0 Å². The Hall–Kier alpha value is -0.140. The van der Waals surface area contributed by atoms with Gasteiger partial charge in [0, 0.05) is 6.42 Å². The normalized spacial score (nSPS) is 12.7. The predicted octanol–water partition coefficient (Wildman–Crippen LogP) is 3.29. The Morgan fingerprint density at radius 3 is 2.00 bits per heavy atom. The van der Waals surface area contributed by atoms with Gasteiger partial charge in [0.25, 0.3) is 0 Å². The Morgan fingerprint density at radius 1 is 1.00 bits per heavy atom. The third-order valence-electron chi connectivity index (χ3n) is 2.30. The van der Waals surface area contributed by atoms with Crippen LogP contribution in [0.3, 0.4) is 0 Å². The van der Waals surface area contributed by atoms with Crippen molar-refractivity contribution in [1.29, 1.82) is 0 Å². The molecule has 130 valence electrons. The average Bonchev–Trinajstić information content (AvgIpc) is 2.44. The first kappa shape index (κ1) is 21.9. The molecule has 1 atom stereocenters. The second-order valence-electron chi connectivity index (χ2n) is 3.97. The molecule has 0 rings (SSSR count). The van der Waals surface area contributed by atoms with Gasteiger partial charge in [-0.05, 0) is 45.9 Å². The first-order valence-electron chi connectivity index (χ1n) is 7.32. The number of carbonyl (C=O) groups is 2. The van der Waals surface area contributed by atoms with E-state index >= 15 is 0 Å². The molecular formula is C13H25O6PS2. The molecule has 6 nitrogen and oxygen atoms in total. The molecule has 0 radical (unpaired) electrons. The zero-order valence-electron chi connectivity index (χ0n) is 13.5. The minimum Gasteiger partial charge on any atom is -0.466 e. The van der Waals surface area contributed by atoms with E-state index in [1.807, 2.05) is 13.8 Å². The van der Waals surface area contributed by atoms with Crippen LogP contribution in [-0.2, 0) is 39.9 Å². The Morgan fingerprint density at radius 2 is 1.55 bits per heavy atom. The molecule has 0 aromatic carbocycles. The van der Waals surface area contributed by atoms with Gasteiger partial charge in [-0.1, -0.05) is 11.4 Å². The van der Waals surface area contributed by atoms with E-state index in [0.29, 0.717) is 19.8 Å². The molecule has 0 heterocycles. The highest BCUT2D eigenvalue weighted by molar-refractivity contribution is 8.68. The van der Waals surface area contributed by atoms with Crippen molar-refractivity contribution < 1.29 is 28.1 Å². The Bertz CT molecular complexity index is 381. The molecule has 0 aliphatic heterocycles. The quantitative estimate of drug-likeness (QED) is 0.382. The van der Waals surface area contributed by atoms with Gasteiger partial charge in [0.05, 0.1) is 26.4 Å². The van der Waals surface area contributed by atoms with Crippen molar-refractivity contribution in [3.8, 4) is 0 Å². The molecule has 22 heavy (non-hydrogen) atoms. The molecule has 1 unspecified atom stereocenters. The summed E-state index contributed by atoms with van der Waals surface area (Å²) < 4.78 is 21.0. The zero-order valence-corrected chi connectivity index (χ0v) is 16.1. The van der Waals surface area contributed by atoms with Crippen LogP contribution >= 0.6 is 17.1 Å². The van der Waals surface area contributed by atoms with Crippen molar-refractivity contribution in [2.45, 2.75) is 45.8 Å². The molecule has 0 spiro atoms. The third kappa shape index (κ3) is 9.10. The molecule has 0 bridgehead atoms. The first-order chi connectivity index (χ1) is 10.4. The van der Waals surface area contributed by atoms with Crippen LogP contribution in [0.5, 0.6) is 0 Å². The maximum absolute atomic E-state index is 12.1. The number of esters is 2. The van der Waals surface area contributed by atoms with Crippen LogP contribution in [0.25, 0.3) is 0 Å². The van der Waals surface area contributed by atoms with Crippen LogP contribution in [0.4, 0.5) is 0 Å². The van der Waals surface area contributed by atoms with Gasteiger partial charge in [-0.15, -0.1) is 0 Å². The summed E-state index contributed by atoms with van der Waals surface area (Å²) in [6.45, 7) is 8.48. The van der Waals surface area contributed by atoms with Crippen LogP contribution in [0, 0.1) is 0 Å². The summed E-state index contributed by atoms with van der Waals surface area (Å²) in [5.41, 5.74) is -2.63. The predicted molar refractivity (Wildman–Crippen MR) is 91.4 cm³/mol. The number of ether oxygens (including phenoxy) is 2. The molecular weight excluding hydrogens is 347 g/mol. The van der Waals surface area contributed by atoms with Gasteiger partial charge in [0.2, 0.25) is 5.69 Å². The van der Waals surface area contributed by atoms with Gasteiger partial charge in [-0.25, -0.2) is 0 Å². The van der Waals surface area contributed by atoms with Crippen molar-refractivity contribution >= 4 is 40.8 Å². The van der Waals surface area contributed by atoms with Crippen LogP contribution in [-0.4, -0.2) is 43.6 Å². The fourth-order valence-electron chi connectivity index (χ4n) is 1.50. The van der Waals surface area contributed by atoms with Gasteiger partial charge in [-0.3, -0.25) is 9.59 Å². The molecule has 0 saturated carbocycles. The molecule has 0 amide bonds. The summed E-state index contributed by atoms with van der Waals surface area (Å²) in [6.07, 6.45) is 0.402. The van der Waals surface area contributed by atoms with E-state index in [1.165, 1.54) is 0 Å². The van der Waals surface area contributed by atoms with Crippen LogP contribution in [0.15, 0.2) is 0 Å². The van der Waals surface area contributed by atoms with E-state index in [9.17, 15) is 9.59 Å². The third-order valence-corrected chi connectivity index (χ3v) is 7.96. The lowest BCUT2D eigenvalue weighted by Gasteiger charge is -2.24. The smallest absolute Gasteiger partial charge is 0.319 e. The summed E-state index contributed by atoms with van der Waals surface area (Å²) in [5.74, 6) is -0.760. The van der Waals surface area contributed by atoms with E-state index < -0.39 is 16.9 Å². The number of hydrogen-bond acceptors (Lipinski definition) is 8.